The number of hydrogen-bond donors (Lipinski definition) is 0. The van der Waals surface area contributed by atoms with E-state index in [0.717, 1.165) is 0 Å². The molecule has 0 spiro atoms. The zero-order chi connectivity index (χ0) is 6.58. The Labute approximate surface area is 53.6 Å². The molecule has 0 aromatic heterocycles. The number of rotatable bonds is 0. The van der Waals surface area contributed by atoms with Gasteiger partial charge in [-0.3, -0.25) is 0 Å². The Kier molecular flexibility index (Phi) is 1.03. The van der Waals surface area contributed by atoms with Crippen molar-refractivity contribution in [3.8, 4) is 0 Å². The van der Waals surface area contributed by atoms with Crippen LogP contribution in [0.15, 0.2) is 0 Å². The molecule has 0 bridgehead atoms. The van der Waals surface area contributed by atoms with Crippen molar-refractivity contribution in [1.29, 1.82) is 0 Å². The van der Waals surface area contributed by atoms with Gasteiger partial charge in [0.25, 0.3) is 5.13 Å². The van der Waals surface area contributed by atoms with E-state index in [1.165, 1.54) is 0 Å². The van der Waals surface area contributed by atoms with Gasteiger partial charge in [0.2, 0.25) is 0 Å². The molecule has 0 aromatic carbocycles. The average molecular weight is 164 g/mol. The molecule has 0 aliphatic heterocycles. The van der Waals surface area contributed by atoms with Crippen molar-refractivity contribution >= 4 is 23.2 Å². The molecule has 1 saturated carbocycles. The van der Waals surface area contributed by atoms with Crippen LogP contribution in [0, 0.1) is 5.38 Å². The predicted molar refractivity (Wildman–Crippen MR) is 23.7 cm³/mol. The van der Waals surface area contributed by atoms with Gasteiger partial charge < -0.3 is 0 Å². The summed E-state index contributed by atoms with van der Waals surface area (Å²) in [7, 11) is 0. The highest BCUT2D eigenvalue weighted by Crippen LogP contribution is 2.68. The molecule has 1 rings (SSSR count). The van der Waals surface area contributed by atoms with Gasteiger partial charge in [0.15, 0.2) is 5.38 Å². The van der Waals surface area contributed by atoms with Gasteiger partial charge >= 0.3 is 5.92 Å². The first-order valence-electron chi connectivity index (χ1n) is 1.69. The zero-order valence-corrected chi connectivity index (χ0v) is 4.90. The summed E-state index contributed by atoms with van der Waals surface area (Å²) in [6.07, 6.45) is 0. The van der Waals surface area contributed by atoms with E-state index in [1.807, 2.05) is 0 Å². The summed E-state index contributed by atoms with van der Waals surface area (Å²) < 4.78 is 35.1. The molecule has 1 atom stereocenters. The monoisotopic (exact) mass is 163 g/mol. The fraction of sp³-hybridized carbons (Fsp3) is 0.667. The van der Waals surface area contributed by atoms with Gasteiger partial charge in [0.1, 0.15) is 0 Å². The largest absolute Gasteiger partial charge is 0.322 e. The van der Waals surface area contributed by atoms with Gasteiger partial charge in [0.05, 0.1) is 0 Å². The molecule has 1 aliphatic rings. The number of alkyl halides is 4. The van der Waals surface area contributed by atoms with Gasteiger partial charge in [0, 0.05) is 0 Å². The van der Waals surface area contributed by atoms with Crippen molar-refractivity contribution in [3.05, 3.63) is 5.38 Å². The molecule has 0 nitrogen and oxygen atoms in total. The van der Waals surface area contributed by atoms with Crippen molar-refractivity contribution in [1.82, 2.24) is 0 Å². The highest BCUT2D eigenvalue weighted by Gasteiger charge is 2.84. The highest BCUT2D eigenvalue weighted by atomic mass is 35.5. The van der Waals surface area contributed by atoms with Gasteiger partial charge in [-0.25, -0.2) is 4.39 Å². The number of hydrogen-bond acceptors (Lipinski definition) is 0. The van der Waals surface area contributed by atoms with Crippen molar-refractivity contribution in [3.63, 3.8) is 0 Å². The third kappa shape index (κ3) is 0.490. The number of halogens is 5. The van der Waals surface area contributed by atoms with E-state index in [0.29, 0.717) is 0 Å². The summed E-state index contributed by atoms with van der Waals surface area (Å²) in [5, 5.41) is -4.19. The lowest BCUT2D eigenvalue weighted by molar-refractivity contribution is 0.0788. The summed E-state index contributed by atoms with van der Waals surface area (Å²) >= 11 is 9.13. The summed E-state index contributed by atoms with van der Waals surface area (Å²) in [6, 6.07) is 0. The maximum atomic E-state index is 11.8. The third-order valence-corrected chi connectivity index (χ3v) is 1.90. The SMILES string of the molecule is FC1(F)[C](Cl)C1(F)Cl. The van der Waals surface area contributed by atoms with Crippen LogP contribution in [0.2, 0.25) is 0 Å². The minimum atomic E-state index is -3.61. The van der Waals surface area contributed by atoms with Crippen LogP contribution in [0.25, 0.3) is 0 Å². The second-order valence-electron chi connectivity index (χ2n) is 1.46. The van der Waals surface area contributed by atoms with Crippen LogP contribution in [0.4, 0.5) is 13.2 Å². The van der Waals surface area contributed by atoms with Crippen LogP contribution in [0.1, 0.15) is 0 Å². The van der Waals surface area contributed by atoms with Gasteiger partial charge in [-0.05, 0) is 0 Å². The van der Waals surface area contributed by atoms with E-state index in [9.17, 15) is 13.2 Å². The first kappa shape index (κ1) is 6.49. The van der Waals surface area contributed by atoms with E-state index in [2.05, 4.69) is 23.2 Å². The Morgan fingerprint density at radius 1 is 1.25 bits per heavy atom. The van der Waals surface area contributed by atoms with Crippen molar-refractivity contribution in [2.45, 2.75) is 11.1 Å². The maximum Gasteiger partial charge on any atom is 0.322 e. The molecular weight excluding hydrogens is 164 g/mol. The predicted octanol–water partition coefficient (Wildman–Crippen LogP) is 2.31. The van der Waals surface area contributed by atoms with E-state index in [-0.39, 0.29) is 0 Å². The van der Waals surface area contributed by atoms with E-state index in [4.69, 9.17) is 0 Å². The summed E-state index contributed by atoms with van der Waals surface area (Å²) in [5.74, 6) is -3.61. The first-order chi connectivity index (χ1) is 3.40. The molecule has 47 valence electrons. The van der Waals surface area contributed by atoms with Crippen LogP contribution in [-0.2, 0) is 0 Å². The summed E-state index contributed by atoms with van der Waals surface area (Å²) in [5.41, 5.74) is 0. The first-order valence-corrected chi connectivity index (χ1v) is 2.45. The normalized spacial score (nSPS) is 44.6. The van der Waals surface area contributed by atoms with Crippen LogP contribution in [-0.4, -0.2) is 11.1 Å². The smallest absolute Gasteiger partial charge is 0.217 e. The molecule has 0 saturated heterocycles. The topological polar surface area (TPSA) is 0 Å². The lowest BCUT2D eigenvalue weighted by Gasteiger charge is -1.88. The lowest BCUT2D eigenvalue weighted by Crippen LogP contribution is -2.01. The average Bonchev–Trinajstić information content (AvgIpc) is 1.88. The Balaban J connectivity index is 2.72. The Bertz CT molecular complexity index is 108. The fourth-order valence-corrected chi connectivity index (χ4v) is 0.677. The van der Waals surface area contributed by atoms with E-state index in [1.54, 1.807) is 0 Å². The van der Waals surface area contributed by atoms with Gasteiger partial charge in [-0.2, -0.15) is 8.78 Å². The molecule has 1 aliphatic carbocycles. The molecule has 1 fully saturated rings. The minimum Gasteiger partial charge on any atom is -0.217 e. The van der Waals surface area contributed by atoms with E-state index < -0.39 is 16.4 Å². The van der Waals surface area contributed by atoms with Crippen molar-refractivity contribution < 1.29 is 13.2 Å². The maximum absolute atomic E-state index is 11.8. The van der Waals surface area contributed by atoms with Crippen LogP contribution in [0.5, 0.6) is 0 Å². The second-order valence-corrected chi connectivity index (χ2v) is 2.36. The fourth-order valence-electron chi connectivity index (χ4n) is 0.261. The summed E-state index contributed by atoms with van der Waals surface area (Å²) in [6.45, 7) is 0. The summed E-state index contributed by atoms with van der Waals surface area (Å²) in [4.78, 5) is 0. The molecule has 5 heteroatoms. The third-order valence-electron chi connectivity index (χ3n) is 0.883. The lowest BCUT2D eigenvalue weighted by atomic mass is 10.8. The molecule has 0 N–H and O–H groups in total. The van der Waals surface area contributed by atoms with Crippen LogP contribution in [0.3, 0.4) is 0 Å². The molecule has 1 radical (unpaired) electrons. The standard InChI is InChI=1S/C3Cl2F3/c4-1-2(5,6)3(1,7)8. The highest BCUT2D eigenvalue weighted by molar-refractivity contribution is 6.43. The van der Waals surface area contributed by atoms with E-state index >= 15 is 0 Å². The molecule has 0 heterocycles. The van der Waals surface area contributed by atoms with Crippen molar-refractivity contribution in [2.75, 3.05) is 0 Å². The molecule has 1 unspecified atom stereocenters. The Morgan fingerprint density at radius 2 is 1.38 bits per heavy atom. The second kappa shape index (κ2) is 1.27. The van der Waals surface area contributed by atoms with Crippen LogP contribution < -0.4 is 0 Å². The molecular formula is C3Cl2F3. The van der Waals surface area contributed by atoms with Gasteiger partial charge in [-0.15, -0.1) is 11.6 Å². The van der Waals surface area contributed by atoms with Gasteiger partial charge in [-0.1, -0.05) is 11.6 Å². The molecule has 0 amide bonds. The zero-order valence-electron chi connectivity index (χ0n) is 3.39. The quantitative estimate of drug-likeness (QED) is 0.482. The molecule has 0 aromatic rings. The Morgan fingerprint density at radius 3 is 1.38 bits per heavy atom. The van der Waals surface area contributed by atoms with Crippen molar-refractivity contribution in [2.24, 2.45) is 0 Å². The Hall–Kier alpha value is 0.370. The van der Waals surface area contributed by atoms with Crippen LogP contribution >= 0.6 is 23.2 Å². The molecule has 8 heavy (non-hydrogen) atoms. The minimum absolute atomic E-state index is 1.12.